The number of allylic oxidation sites excluding steroid dienone is 2. The van der Waals surface area contributed by atoms with Crippen molar-refractivity contribution in [2.24, 2.45) is 0 Å². The lowest BCUT2D eigenvalue weighted by molar-refractivity contribution is -0.115. The van der Waals surface area contributed by atoms with Crippen LogP contribution in [0.25, 0.3) is 0 Å². The first-order chi connectivity index (χ1) is 8.15. The fraction of sp³-hybridized carbons (Fsp3) is 0.688. The molecular formula is C16H26OSi. The van der Waals surface area contributed by atoms with E-state index in [1.54, 1.807) is 0 Å². The normalized spacial score (nSPS) is 16.9. The minimum Gasteiger partial charge on any atom is -0.295 e. The van der Waals surface area contributed by atoms with Crippen molar-refractivity contribution in [2.45, 2.75) is 71.5 Å². The lowest BCUT2D eigenvalue weighted by atomic mass is 10.1. The third-order valence-corrected chi connectivity index (χ3v) is 8.91. The second-order valence-electron chi connectivity index (χ2n) is 6.86. The molecule has 0 amide bonds. The van der Waals surface area contributed by atoms with Gasteiger partial charge >= 0.3 is 0 Å². The molecular weight excluding hydrogens is 236 g/mol. The van der Waals surface area contributed by atoms with Gasteiger partial charge < -0.3 is 0 Å². The maximum atomic E-state index is 11.6. The minimum absolute atomic E-state index is 0.318. The predicted octanol–water partition coefficient (Wildman–Crippen LogP) is 4.50. The Hall–Kier alpha value is -0.813. The number of Topliss-reactive ketones (excluding diaryl/α,β-unsaturated/α-hetero) is 1. The summed E-state index contributed by atoms with van der Waals surface area (Å²) >= 11 is 0. The maximum absolute atomic E-state index is 11.6. The number of hydrogen-bond acceptors (Lipinski definition) is 1. The van der Waals surface area contributed by atoms with Gasteiger partial charge in [0.25, 0.3) is 0 Å². The summed E-state index contributed by atoms with van der Waals surface area (Å²) in [5.74, 6) is 3.67. The summed E-state index contributed by atoms with van der Waals surface area (Å²) in [6, 6.07) is 0. The van der Waals surface area contributed by atoms with Crippen LogP contribution in [-0.2, 0) is 4.79 Å². The van der Waals surface area contributed by atoms with Gasteiger partial charge in [-0.3, -0.25) is 4.79 Å². The van der Waals surface area contributed by atoms with E-state index in [2.05, 4.69) is 52.3 Å². The molecule has 0 N–H and O–H groups in total. The van der Waals surface area contributed by atoms with Crippen LogP contribution in [0.2, 0.25) is 18.1 Å². The number of ketones is 1. The monoisotopic (exact) mass is 262 g/mol. The van der Waals surface area contributed by atoms with Crippen LogP contribution in [0.5, 0.6) is 0 Å². The van der Waals surface area contributed by atoms with Gasteiger partial charge in [-0.1, -0.05) is 39.4 Å². The molecule has 1 aliphatic rings. The first kappa shape index (κ1) is 15.2. The van der Waals surface area contributed by atoms with Crippen molar-refractivity contribution in [2.75, 3.05) is 0 Å². The van der Waals surface area contributed by atoms with Gasteiger partial charge in [0.1, 0.15) is 8.07 Å². The molecule has 0 aromatic rings. The molecule has 18 heavy (non-hydrogen) atoms. The summed E-state index contributed by atoms with van der Waals surface area (Å²) in [6.07, 6.45) is 3.37. The highest BCUT2D eigenvalue weighted by Gasteiger charge is 2.33. The van der Waals surface area contributed by atoms with Crippen molar-refractivity contribution < 1.29 is 4.79 Å². The van der Waals surface area contributed by atoms with Crippen molar-refractivity contribution in [3.8, 4) is 11.5 Å². The van der Waals surface area contributed by atoms with Gasteiger partial charge in [-0.05, 0) is 30.4 Å². The van der Waals surface area contributed by atoms with Gasteiger partial charge in [-0.15, -0.1) is 11.5 Å². The Kier molecular flexibility index (Phi) is 4.61. The van der Waals surface area contributed by atoms with Crippen LogP contribution in [0, 0.1) is 11.5 Å². The maximum Gasteiger partial charge on any atom is 0.159 e. The molecule has 0 aromatic heterocycles. The van der Waals surface area contributed by atoms with Crippen molar-refractivity contribution >= 4 is 13.9 Å². The third-order valence-electron chi connectivity index (χ3n) is 4.35. The second kappa shape index (κ2) is 5.44. The van der Waals surface area contributed by atoms with Crippen molar-refractivity contribution in [3.63, 3.8) is 0 Å². The Balaban J connectivity index is 2.59. The molecule has 0 saturated heterocycles. The lowest BCUT2D eigenvalue weighted by Crippen LogP contribution is -2.35. The smallest absolute Gasteiger partial charge is 0.159 e. The van der Waals surface area contributed by atoms with Crippen LogP contribution in [0.3, 0.4) is 0 Å². The third kappa shape index (κ3) is 3.59. The van der Waals surface area contributed by atoms with E-state index in [4.69, 9.17) is 0 Å². The van der Waals surface area contributed by atoms with E-state index < -0.39 is 8.07 Å². The first-order valence-corrected chi connectivity index (χ1v) is 9.87. The van der Waals surface area contributed by atoms with Gasteiger partial charge in [0.15, 0.2) is 5.78 Å². The molecule has 0 fully saturated rings. The molecule has 0 heterocycles. The molecule has 0 atom stereocenters. The van der Waals surface area contributed by atoms with Crippen LogP contribution >= 0.6 is 0 Å². The quantitative estimate of drug-likeness (QED) is 0.529. The largest absolute Gasteiger partial charge is 0.295 e. The molecule has 0 spiro atoms. The standard InChI is InChI=1S/C16H26OSi/c1-13-10-11-15(17)14(13)9-7-8-12-18(5,6)16(2,3)4/h7,9-11H2,1-6H3. The zero-order valence-corrected chi connectivity index (χ0v) is 13.7. The highest BCUT2D eigenvalue weighted by atomic mass is 28.3. The molecule has 0 bridgehead atoms. The summed E-state index contributed by atoms with van der Waals surface area (Å²) in [7, 11) is -1.48. The zero-order valence-electron chi connectivity index (χ0n) is 12.7. The summed E-state index contributed by atoms with van der Waals surface area (Å²) in [5, 5.41) is 0.318. The Morgan fingerprint density at radius 1 is 1.22 bits per heavy atom. The Labute approximate surface area is 113 Å². The van der Waals surface area contributed by atoms with E-state index in [0.717, 1.165) is 31.3 Å². The molecule has 0 saturated carbocycles. The molecule has 0 aromatic carbocycles. The number of carbonyl (C=O) groups excluding carboxylic acids is 1. The molecule has 0 unspecified atom stereocenters. The van der Waals surface area contributed by atoms with E-state index in [0.29, 0.717) is 10.8 Å². The van der Waals surface area contributed by atoms with Gasteiger partial charge in [-0.25, -0.2) is 0 Å². The predicted molar refractivity (Wildman–Crippen MR) is 81.1 cm³/mol. The Morgan fingerprint density at radius 2 is 1.83 bits per heavy atom. The van der Waals surface area contributed by atoms with Crippen LogP contribution in [0.15, 0.2) is 11.1 Å². The number of rotatable bonds is 2. The van der Waals surface area contributed by atoms with Gasteiger partial charge in [-0.2, -0.15) is 0 Å². The van der Waals surface area contributed by atoms with Crippen LogP contribution in [0.4, 0.5) is 0 Å². The average molecular weight is 262 g/mol. The van der Waals surface area contributed by atoms with Crippen molar-refractivity contribution in [1.29, 1.82) is 0 Å². The molecule has 0 radical (unpaired) electrons. The van der Waals surface area contributed by atoms with E-state index in [1.807, 2.05) is 0 Å². The van der Waals surface area contributed by atoms with Gasteiger partial charge in [0.05, 0.1) is 0 Å². The summed E-state index contributed by atoms with van der Waals surface area (Å²) in [5.41, 5.74) is 5.85. The zero-order chi connectivity index (χ0) is 14.0. The molecule has 0 aliphatic heterocycles. The fourth-order valence-corrected chi connectivity index (χ4v) is 2.79. The molecule has 1 nitrogen and oxygen atoms in total. The fourth-order valence-electron chi connectivity index (χ4n) is 1.85. The number of carbonyl (C=O) groups is 1. The highest BCUT2D eigenvalue weighted by Crippen LogP contribution is 2.35. The Bertz CT molecular complexity index is 424. The van der Waals surface area contributed by atoms with Crippen LogP contribution in [-0.4, -0.2) is 13.9 Å². The van der Waals surface area contributed by atoms with Gasteiger partial charge in [0, 0.05) is 12.8 Å². The lowest BCUT2D eigenvalue weighted by Gasteiger charge is -2.31. The van der Waals surface area contributed by atoms with E-state index >= 15 is 0 Å². The van der Waals surface area contributed by atoms with Gasteiger partial charge in [0.2, 0.25) is 0 Å². The van der Waals surface area contributed by atoms with Crippen molar-refractivity contribution in [3.05, 3.63) is 11.1 Å². The highest BCUT2D eigenvalue weighted by molar-refractivity contribution is 6.87. The topological polar surface area (TPSA) is 17.1 Å². The SMILES string of the molecule is CC1=C(CCC#C[Si](C)(C)C(C)(C)C)C(=O)CC1. The first-order valence-electron chi connectivity index (χ1n) is 6.87. The number of hydrogen-bond donors (Lipinski definition) is 0. The second-order valence-corrected chi connectivity index (χ2v) is 11.9. The summed E-state index contributed by atoms with van der Waals surface area (Å²) in [6.45, 7) is 13.6. The summed E-state index contributed by atoms with van der Waals surface area (Å²) < 4.78 is 0. The van der Waals surface area contributed by atoms with E-state index in [-0.39, 0.29) is 0 Å². The van der Waals surface area contributed by atoms with E-state index in [9.17, 15) is 4.79 Å². The molecule has 1 aliphatic carbocycles. The molecule has 1 rings (SSSR count). The minimum atomic E-state index is -1.48. The Morgan fingerprint density at radius 3 is 2.28 bits per heavy atom. The molecule has 2 heteroatoms. The summed E-state index contributed by atoms with van der Waals surface area (Å²) in [4.78, 5) is 11.6. The van der Waals surface area contributed by atoms with Crippen LogP contribution < -0.4 is 0 Å². The van der Waals surface area contributed by atoms with E-state index in [1.165, 1.54) is 5.57 Å². The average Bonchev–Trinajstić information content (AvgIpc) is 2.53. The van der Waals surface area contributed by atoms with Crippen LogP contribution in [0.1, 0.15) is 53.4 Å². The molecule has 100 valence electrons. The van der Waals surface area contributed by atoms with Crippen molar-refractivity contribution in [1.82, 2.24) is 0 Å².